The van der Waals surface area contributed by atoms with Crippen molar-refractivity contribution in [3.63, 3.8) is 0 Å². The van der Waals surface area contributed by atoms with Gasteiger partial charge in [0.1, 0.15) is 5.75 Å². The smallest absolute Gasteiger partial charge is 0.119 e. The number of nitrogens with zero attached hydrogens (tertiary/aromatic N) is 3. The highest BCUT2D eigenvalue weighted by atomic mass is 16.5. The molecule has 0 unspecified atom stereocenters. The van der Waals surface area contributed by atoms with Crippen molar-refractivity contribution in [1.29, 1.82) is 0 Å². The van der Waals surface area contributed by atoms with Crippen LogP contribution in [0.1, 0.15) is 34.5 Å². The summed E-state index contributed by atoms with van der Waals surface area (Å²) in [4.78, 5) is 2.37. The van der Waals surface area contributed by atoms with E-state index in [2.05, 4.69) is 66.0 Å². The second-order valence-electron chi connectivity index (χ2n) is 9.59. The minimum Gasteiger partial charge on any atom is -0.497 e. The molecule has 160 valence electrons. The Morgan fingerprint density at radius 2 is 1.94 bits per heavy atom. The van der Waals surface area contributed by atoms with Gasteiger partial charge in [0.2, 0.25) is 0 Å². The van der Waals surface area contributed by atoms with Crippen LogP contribution in [0.3, 0.4) is 0 Å². The third kappa shape index (κ3) is 2.42. The van der Waals surface area contributed by atoms with E-state index in [0.29, 0.717) is 6.42 Å². The van der Waals surface area contributed by atoms with Crippen LogP contribution in [-0.4, -0.2) is 52.1 Å². The van der Waals surface area contributed by atoms with Crippen LogP contribution in [0.25, 0.3) is 5.69 Å². The molecule has 6 rings (SSSR count). The van der Waals surface area contributed by atoms with Gasteiger partial charge in [0.25, 0.3) is 0 Å². The molecule has 2 aromatic carbocycles. The topological polar surface area (TPSA) is 50.5 Å². The summed E-state index contributed by atoms with van der Waals surface area (Å²) in [5.74, 6) is 0.867. The van der Waals surface area contributed by atoms with Gasteiger partial charge in [-0.3, -0.25) is 0 Å². The van der Waals surface area contributed by atoms with E-state index in [-0.39, 0.29) is 11.5 Å². The quantitative estimate of drug-likeness (QED) is 0.698. The fraction of sp³-hybridized carbons (Fsp3) is 0.423. The highest BCUT2D eigenvalue weighted by Crippen LogP contribution is 2.57. The second-order valence-corrected chi connectivity index (χ2v) is 9.59. The van der Waals surface area contributed by atoms with E-state index in [1.165, 1.54) is 22.4 Å². The SMILES string of the molecule is COc1ccc2c(c1)[C@]13CCN(C)[C@H](C2)[C@]1(O)Cc1c(C)nn(-c2ccccc2)c1C3. The number of aryl methyl sites for hydroxylation is 1. The number of aromatic nitrogens is 2. The number of hydrogen-bond donors (Lipinski definition) is 1. The number of aliphatic hydroxyl groups is 1. The molecule has 0 amide bonds. The first-order valence-electron chi connectivity index (χ1n) is 11.2. The molecular formula is C26H29N3O2. The van der Waals surface area contributed by atoms with Gasteiger partial charge in [-0.1, -0.05) is 24.3 Å². The van der Waals surface area contributed by atoms with Crippen molar-refractivity contribution in [1.82, 2.24) is 14.7 Å². The van der Waals surface area contributed by atoms with E-state index in [1.807, 2.05) is 6.07 Å². The zero-order valence-electron chi connectivity index (χ0n) is 18.4. The Morgan fingerprint density at radius 1 is 1.13 bits per heavy atom. The number of fused-ring (bicyclic) bond motifs is 2. The average molecular weight is 416 g/mol. The average Bonchev–Trinajstić information content (AvgIpc) is 3.09. The van der Waals surface area contributed by atoms with Gasteiger partial charge in [-0.05, 0) is 74.3 Å². The maximum absolute atomic E-state index is 12.5. The summed E-state index contributed by atoms with van der Waals surface area (Å²) in [5.41, 5.74) is 6.02. The molecule has 3 atom stereocenters. The Kier molecular flexibility index (Phi) is 3.96. The molecule has 1 aromatic heterocycles. The predicted molar refractivity (Wildman–Crippen MR) is 120 cm³/mol. The predicted octanol–water partition coefficient (Wildman–Crippen LogP) is 3.22. The summed E-state index contributed by atoms with van der Waals surface area (Å²) >= 11 is 0. The third-order valence-corrected chi connectivity index (χ3v) is 8.26. The molecule has 1 fully saturated rings. The Balaban J connectivity index is 1.60. The highest BCUT2D eigenvalue weighted by Gasteiger charge is 2.64. The molecule has 5 nitrogen and oxygen atoms in total. The van der Waals surface area contributed by atoms with Gasteiger partial charge in [0.15, 0.2) is 0 Å². The first kappa shape index (κ1) is 19.1. The van der Waals surface area contributed by atoms with Gasteiger partial charge >= 0.3 is 0 Å². The largest absolute Gasteiger partial charge is 0.497 e. The molecule has 1 aliphatic heterocycles. The van der Waals surface area contributed by atoms with Crippen LogP contribution >= 0.6 is 0 Å². The summed E-state index contributed by atoms with van der Waals surface area (Å²) in [7, 11) is 3.88. The lowest BCUT2D eigenvalue weighted by Crippen LogP contribution is -2.73. The van der Waals surface area contributed by atoms with Crippen LogP contribution in [0.5, 0.6) is 5.75 Å². The van der Waals surface area contributed by atoms with E-state index < -0.39 is 5.60 Å². The van der Waals surface area contributed by atoms with Gasteiger partial charge in [-0.15, -0.1) is 0 Å². The summed E-state index contributed by atoms with van der Waals surface area (Å²) < 4.78 is 7.72. The number of methoxy groups -OCH3 is 1. The standard InChI is InChI=1S/C26H29N3O2/c1-17-21-15-26(30)24-13-18-9-10-20(31-3)14-22(18)25(26,11-12-28(24)2)16-23(21)29(27-17)19-7-5-4-6-8-19/h4-10,14,24,30H,11-13,15-16H2,1-3H3/t24-,25-,26-/m1/s1. The number of benzene rings is 2. The fourth-order valence-electron chi connectivity index (χ4n) is 6.61. The lowest BCUT2D eigenvalue weighted by molar-refractivity contribution is -0.145. The molecule has 2 bridgehead atoms. The van der Waals surface area contributed by atoms with Crippen molar-refractivity contribution >= 4 is 0 Å². The van der Waals surface area contributed by atoms with Crippen molar-refractivity contribution in [2.75, 3.05) is 20.7 Å². The molecule has 1 saturated heterocycles. The second kappa shape index (κ2) is 6.44. The molecule has 31 heavy (non-hydrogen) atoms. The summed E-state index contributed by atoms with van der Waals surface area (Å²) in [6, 6.07) is 16.9. The Morgan fingerprint density at radius 3 is 2.71 bits per heavy atom. The fourth-order valence-corrected chi connectivity index (χ4v) is 6.61. The number of piperidine rings is 1. The minimum absolute atomic E-state index is 0.106. The molecule has 2 heterocycles. The molecule has 0 saturated carbocycles. The van der Waals surface area contributed by atoms with Gasteiger partial charge in [-0.25, -0.2) is 4.68 Å². The van der Waals surface area contributed by atoms with Crippen LogP contribution in [0.2, 0.25) is 0 Å². The molecule has 5 heteroatoms. The summed E-state index contributed by atoms with van der Waals surface area (Å²) in [6.45, 7) is 3.07. The van der Waals surface area contributed by atoms with Gasteiger partial charge in [0, 0.05) is 30.0 Å². The number of ether oxygens (including phenoxy) is 1. The van der Waals surface area contributed by atoms with Crippen LogP contribution in [-0.2, 0) is 24.7 Å². The van der Waals surface area contributed by atoms with E-state index in [9.17, 15) is 5.11 Å². The van der Waals surface area contributed by atoms with Gasteiger partial charge in [-0.2, -0.15) is 5.10 Å². The van der Waals surface area contributed by atoms with Crippen molar-refractivity contribution in [3.05, 3.63) is 76.6 Å². The van der Waals surface area contributed by atoms with E-state index in [1.54, 1.807) is 7.11 Å². The number of rotatable bonds is 2. The molecule has 2 aliphatic carbocycles. The van der Waals surface area contributed by atoms with Crippen LogP contribution in [0, 0.1) is 6.92 Å². The van der Waals surface area contributed by atoms with Crippen LogP contribution < -0.4 is 4.74 Å². The lowest BCUT2D eigenvalue weighted by atomic mass is 9.49. The number of hydrogen-bond acceptors (Lipinski definition) is 4. The van der Waals surface area contributed by atoms with Crippen molar-refractivity contribution in [3.8, 4) is 11.4 Å². The third-order valence-electron chi connectivity index (χ3n) is 8.26. The van der Waals surface area contributed by atoms with Crippen LogP contribution in [0.4, 0.5) is 0 Å². The zero-order valence-corrected chi connectivity index (χ0v) is 18.4. The first-order chi connectivity index (χ1) is 15.0. The summed E-state index contributed by atoms with van der Waals surface area (Å²) in [5, 5.41) is 17.4. The lowest BCUT2D eigenvalue weighted by Gasteiger charge is -2.63. The Hall–Kier alpha value is -2.63. The molecule has 3 aromatic rings. The van der Waals surface area contributed by atoms with E-state index in [4.69, 9.17) is 9.84 Å². The van der Waals surface area contributed by atoms with Crippen molar-refractivity contribution in [2.45, 2.75) is 49.7 Å². The number of likely N-dealkylation sites (N-methyl/N-ethyl adjacent to an activating group) is 1. The normalized spacial score (nSPS) is 29.1. The maximum atomic E-state index is 12.5. The molecular weight excluding hydrogens is 386 g/mol. The number of likely N-dealkylation sites (tertiary alicyclic amines) is 1. The maximum Gasteiger partial charge on any atom is 0.119 e. The van der Waals surface area contributed by atoms with Crippen molar-refractivity contribution < 1.29 is 9.84 Å². The van der Waals surface area contributed by atoms with E-state index in [0.717, 1.165) is 42.9 Å². The number of para-hydroxylation sites is 1. The Bertz CT molecular complexity index is 1170. The highest BCUT2D eigenvalue weighted by molar-refractivity contribution is 5.53. The first-order valence-corrected chi connectivity index (χ1v) is 11.2. The molecule has 0 radical (unpaired) electrons. The molecule has 1 N–H and O–H groups in total. The molecule has 0 spiro atoms. The Labute approximate surface area is 183 Å². The van der Waals surface area contributed by atoms with E-state index >= 15 is 0 Å². The minimum atomic E-state index is -0.818. The van der Waals surface area contributed by atoms with Crippen molar-refractivity contribution in [2.24, 2.45) is 0 Å². The van der Waals surface area contributed by atoms with Gasteiger partial charge in [0.05, 0.1) is 24.1 Å². The monoisotopic (exact) mass is 415 g/mol. The van der Waals surface area contributed by atoms with Gasteiger partial charge < -0.3 is 14.7 Å². The van der Waals surface area contributed by atoms with Crippen LogP contribution in [0.15, 0.2) is 48.5 Å². The summed E-state index contributed by atoms with van der Waals surface area (Å²) in [6.07, 6.45) is 3.23. The zero-order chi connectivity index (χ0) is 21.4. The molecule has 3 aliphatic rings.